The lowest BCUT2D eigenvalue weighted by atomic mass is 9.91. The van der Waals surface area contributed by atoms with Crippen LogP contribution in [0.5, 0.6) is 0 Å². The van der Waals surface area contributed by atoms with Crippen molar-refractivity contribution in [3.8, 4) is 10.4 Å². The summed E-state index contributed by atoms with van der Waals surface area (Å²) in [7, 11) is 0. The Morgan fingerprint density at radius 2 is 1.81 bits per heavy atom. The van der Waals surface area contributed by atoms with Crippen LogP contribution < -0.4 is 4.90 Å². The number of carboxylic acids is 1. The first-order chi connectivity index (χ1) is 12.9. The molecule has 0 radical (unpaired) electrons. The first kappa shape index (κ1) is 19.9. The summed E-state index contributed by atoms with van der Waals surface area (Å²) in [5.41, 5.74) is 1.31. The molecule has 0 atom stereocenters. The number of benzene rings is 1. The van der Waals surface area contributed by atoms with E-state index in [2.05, 4.69) is 0 Å². The zero-order valence-electron chi connectivity index (χ0n) is 15.0. The Morgan fingerprint density at radius 1 is 1.19 bits per heavy atom. The van der Waals surface area contributed by atoms with Gasteiger partial charge in [0.15, 0.2) is 0 Å². The van der Waals surface area contributed by atoms with Crippen LogP contribution in [0.15, 0.2) is 30.3 Å². The van der Waals surface area contributed by atoms with Crippen LogP contribution in [0.1, 0.15) is 48.7 Å². The van der Waals surface area contributed by atoms with E-state index in [0.29, 0.717) is 42.8 Å². The first-order valence-electron chi connectivity index (χ1n) is 9.04. The molecule has 5 nitrogen and oxygen atoms in total. The largest absolute Gasteiger partial charge is 0.477 e. The van der Waals surface area contributed by atoms with Crippen LogP contribution in [-0.4, -0.2) is 34.2 Å². The molecular weight excluding hydrogens is 386 g/mol. The van der Waals surface area contributed by atoms with Gasteiger partial charge >= 0.3 is 5.97 Å². The molecular formula is C20H22ClNO4S. The van der Waals surface area contributed by atoms with Gasteiger partial charge in [0.2, 0.25) is 5.91 Å². The molecule has 1 heterocycles. The van der Waals surface area contributed by atoms with Crippen molar-refractivity contribution in [3.05, 3.63) is 40.2 Å². The third-order valence-corrected chi connectivity index (χ3v) is 6.31. The Morgan fingerprint density at radius 3 is 2.37 bits per heavy atom. The SMILES string of the molecule is CCC(=O)N(c1cc(-c2ccc(Cl)cc2)sc1C(=O)O)C1CCC(O)CC1. The topological polar surface area (TPSA) is 77.8 Å². The molecule has 0 bridgehead atoms. The normalized spacial score (nSPS) is 19.7. The van der Waals surface area contributed by atoms with Gasteiger partial charge in [-0.3, -0.25) is 4.79 Å². The quantitative estimate of drug-likeness (QED) is 0.745. The van der Waals surface area contributed by atoms with Crippen LogP contribution in [0.4, 0.5) is 5.69 Å². The van der Waals surface area contributed by atoms with E-state index in [4.69, 9.17) is 11.6 Å². The highest BCUT2D eigenvalue weighted by molar-refractivity contribution is 7.18. The number of hydrogen-bond acceptors (Lipinski definition) is 4. The Hall–Kier alpha value is -1.89. The zero-order valence-corrected chi connectivity index (χ0v) is 16.6. The van der Waals surface area contributed by atoms with Crippen molar-refractivity contribution in [2.75, 3.05) is 4.90 Å². The zero-order chi connectivity index (χ0) is 19.6. The van der Waals surface area contributed by atoms with Gasteiger partial charge in [0.05, 0.1) is 11.8 Å². The first-order valence-corrected chi connectivity index (χ1v) is 10.2. The Kier molecular flexibility index (Phi) is 6.19. The third kappa shape index (κ3) is 4.34. The van der Waals surface area contributed by atoms with Crippen LogP contribution in [0.3, 0.4) is 0 Å². The van der Waals surface area contributed by atoms with Crippen molar-refractivity contribution in [2.45, 2.75) is 51.2 Å². The molecule has 0 saturated heterocycles. The van der Waals surface area contributed by atoms with Gasteiger partial charge in [-0.25, -0.2) is 4.79 Å². The molecule has 1 aromatic heterocycles. The van der Waals surface area contributed by atoms with Gasteiger partial charge in [-0.2, -0.15) is 0 Å². The van der Waals surface area contributed by atoms with E-state index >= 15 is 0 Å². The number of carbonyl (C=O) groups is 2. The lowest BCUT2D eigenvalue weighted by molar-refractivity contribution is -0.119. The molecule has 7 heteroatoms. The number of carboxylic acid groups (broad SMARTS) is 1. The minimum atomic E-state index is -1.04. The van der Waals surface area contributed by atoms with Crippen LogP contribution >= 0.6 is 22.9 Å². The molecule has 0 unspecified atom stereocenters. The number of carbonyl (C=O) groups excluding carboxylic acids is 1. The number of hydrogen-bond donors (Lipinski definition) is 2. The van der Waals surface area contributed by atoms with E-state index in [1.807, 2.05) is 12.1 Å². The van der Waals surface area contributed by atoms with E-state index < -0.39 is 5.97 Å². The predicted molar refractivity (Wildman–Crippen MR) is 108 cm³/mol. The van der Waals surface area contributed by atoms with E-state index in [0.717, 1.165) is 21.8 Å². The second-order valence-corrected chi connectivity index (χ2v) is 8.21. The number of thiophene rings is 1. The van der Waals surface area contributed by atoms with Gasteiger partial charge in [0.1, 0.15) is 4.88 Å². The van der Waals surface area contributed by atoms with Gasteiger partial charge in [0, 0.05) is 22.4 Å². The number of aliphatic hydroxyl groups excluding tert-OH is 1. The highest BCUT2D eigenvalue weighted by atomic mass is 35.5. The molecule has 2 aromatic rings. The second kappa shape index (κ2) is 8.42. The molecule has 1 aliphatic carbocycles. The standard InChI is InChI=1S/C20H22ClNO4S/c1-2-18(24)22(14-7-9-15(23)10-8-14)16-11-17(27-19(16)20(25)26)12-3-5-13(21)6-4-12/h3-6,11,14-15,23H,2,7-10H2,1H3,(H,25,26). The van der Waals surface area contributed by atoms with Crippen molar-refractivity contribution < 1.29 is 19.8 Å². The Labute approximate surface area is 167 Å². The fourth-order valence-corrected chi connectivity index (χ4v) is 4.61. The highest BCUT2D eigenvalue weighted by Crippen LogP contribution is 2.40. The fraction of sp³-hybridized carbons (Fsp3) is 0.400. The van der Waals surface area contributed by atoms with Gasteiger partial charge in [-0.05, 0) is 49.4 Å². The molecule has 1 aliphatic rings. The Bertz CT molecular complexity index is 825. The molecule has 1 aromatic carbocycles. The fourth-order valence-electron chi connectivity index (χ4n) is 3.49. The smallest absolute Gasteiger partial charge is 0.348 e. The maximum Gasteiger partial charge on any atom is 0.348 e. The number of nitrogens with zero attached hydrogens (tertiary/aromatic N) is 1. The van der Waals surface area contributed by atoms with Crippen molar-refractivity contribution in [1.29, 1.82) is 0 Å². The number of amides is 1. The number of anilines is 1. The van der Waals surface area contributed by atoms with Crippen LogP contribution in [0.25, 0.3) is 10.4 Å². The van der Waals surface area contributed by atoms with Crippen LogP contribution in [-0.2, 0) is 4.79 Å². The lowest BCUT2D eigenvalue weighted by Crippen LogP contribution is -2.43. The van der Waals surface area contributed by atoms with Crippen molar-refractivity contribution in [2.24, 2.45) is 0 Å². The molecule has 1 fully saturated rings. The molecule has 2 N–H and O–H groups in total. The molecule has 3 rings (SSSR count). The minimum absolute atomic E-state index is 0.0911. The summed E-state index contributed by atoms with van der Waals surface area (Å²) >= 11 is 7.11. The molecule has 1 amide bonds. The minimum Gasteiger partial charge on any atom is -0.477 e. The maximum atomic E-state index is 12.7. The summed E-state index contributed by atoms with van der Waals surface area (Å²) in [4.78, 5) is 27.2. The molecule has 1 saturated carbocycles. The summed E-state index contributed by atoms with van der Waals surface area (Å²) in [6, 6.07) is 8.89. The second-order valence-electron chi connectivity index (χ2n) is 6.72. The maximum absolute atomic E-state index is 12.7. The lowest BCUT2D eigenvalue weighted by Gasteiger charge is -2.35. The van der Waals surface area contributed by atoms with E-state index in [9.17, 15) is 19.8 Å². The van der Waals surface area contributed by atoms with Crippen LogP contribution in [0.2, 0.25) is 5.02 Å². The molecule has 144 valence electrons. The van der Waals surface area contributed by atoms with Gasteiger partial charge < -0.3 is 15.1 Å². The summed E-state index contributed by atoms with van der Waals surface area (Å²) in [6.07, 6.45) is 2.52. The summed E-state index contributed by atoms with van der Waals surface area (Å²) < 4.78 is 0. The van der Waals surface area contributed by atoms with Crippen molar-refractivity contribution in [1.82, 2.24) is 0 Å². The monoisotopic (exact) mass is 407 g/mol. The van der Waals surface area contributed by atoms with Gasteiger partial charge in [-0.15, -0.1) is 11.3 Å². The summed E-state index contributed by atoms with van der Waals surface area (Å²) in [5, 5.41) is 20.1. The van der Waals surface area contributed by atoms with Crippen LogP contribution in [0, 0.1) is 0 Å². The molecule has 27 heavy (non-hydrogen) atoms. The number of aromatic carboxylic acids is 1. The van der Waals surface area contributed by atoms with E-state index in [1.165, 1.54) is 0 Å². The van der Waals surface area contributed by atoms with Gasteiger partial charge in [0.25, 0.3) is 0 Å². The average Bonchev–Trinajstić information content (AvgIpc) is 3.09. The number of halogens is 1. The summed E-state index contributed by atoms with van der Waals surface area (Å²) in [5.74, 6) is -1.14. The summed E-state index contributed by atoms with van der Waals surface area (Å²) in [6.45, 7) is 1.78. The predicted octanol–water partition coefficient (Wildman–Crippen LogP) is 4.81. The van der Waals surface area contributed by atoms with Gasteiger partial charge in [-0.1, -0.05) is 30.7 Å². The Balaban J connectivity index is 2.03. The third-order valence-electron chi connectivity index (χ3n) is 4.90. The number of aliphatic hydroxyl groups is 1. The number of rotatable bonds is 5. The van der Waals surface area contributed by atoms with E-state index in [-0.39, 0.29) is 22.9 Å². The van der Waals surface area contributed by atoms with Crippen molar-refractivity contribution in [3.63, 3.8) is 0 Å². The van der Waals surface area contributed by atoms with E-state index in [1.54, 1.807) is 30.0 Å². The average molecular weight is 408 g/mol. The molecule has 0 aliphatic heterocycles. The highest BCUT2D eigenvalue weighted by Gasteiger charge is 2.32. The molecule has 0 spiro atoms. The van der Waals surface area contributed by atoms with Crippen molar-refractivity contribution >= 4 is 40.5 Å².